The zero-order chi connectivity index (χ0) is 11.3. The molecule has 15 heavy (non-hydrogen) atoms. The van der Waals surface area contributed by atoms with E-state index in [0.717, 1.165) is 12.1 Å². The van der Waals surface area contributed by atoms with Gasteiger partial charge in [0.1, 0.15) is 0 Å². The summed E-state index contributed by atoms with van der Waals surface area (Å²) in [4.78, 5) is 0. The summed E-state index contributed by atoms with van der Waals surface area (Å²) in [5.74, 6) is 0. The van der Waals surface area contributed by atoms with Crippen LogP contribution in [-0.2, 0) is 6.18 Å². The standard InChI is InChI=1S/C10H11F4N/c11-5-2-6-15-9-4-1-3-8(7-9)10(12,13)14/h1,3-4,7,15H,2,5-6H2. The molecule has 1 rings (SSSR count). The minimum absolute atomic E-state index is 0.288. The summed E-state index contributed by atoms with van der Waals surface area (Å²) >= 11 is 0. The van der Waals surface area contributed by atoms with Gasteiger partial charge in [-0.25, -0.2) is 0 Å². The number of hydrogen-bond donors (Lipinski definition) is 1. The third-order valence-corrected chi connectivity index (χ3v) is 1.83. The molecule has 1 nitrogen and oxygen atoms in total. The van der Waals surface area contributed by atoms with Crippen molar-refractivity contribution in [3.8, 4) is 0 Å². The zero-order valence-electron chi connectivity index (χ0n) is 7.94. The molecule has 1 aromatic carbocycles. The average molecular weight is 221 g/mol. The highest BCUT2D eigenvalue weighted by molar-refractivity contribution is 5.46. The van der Waals surface area contributed by atoms with Crippen LogP contribution in [0.4, 0.5) is 23.2 Å². The van der Waals surface area contributed by atoms with Gasteiger partial charge in [0.25, 0.3) is 0 Å². The summed E-state index contributed by atoms with van der Waals surface area (Å²) in [5.41, 5.74) is -0.342. The van der Waals surface area contributed by atoms with Crippen LogP contribution in [0.25, 0.3) is 0 Å². The lowest BCUT2D eigenvalue weighted by molar-refractivity contribution is -0.137. The van der Waals surface area contributed by atoms with Gasteiger partial charge in [-0.3, -0.25) is 4.39 Å². The fourth-order valence-electron chi connectivity index (χ4n) is 1.11. The Morgan fingerprint density at radius 2 is 1.93 bits per heavy atom. The molecular weight excluding hydrogens is 210 g/mol. The highest BCUT2D eigenvalue weighted by Crippen LogP contribution is 2.30. The van der Waals surface area contributed by atoms with Crippen LogP contribution < -0.4 is 5.32 Å². The summed E-state index contributed by atoms with van der Waals surface area (Å²) < 4.78 is 48.5. The van der Waals surface area contributed by atoms with E-state index < -0.39 is 18.4 Å². The molecule has 0 aliphatic carbocycles. The quantitative estimate of drug-likeness (QED) is 0.606. The van der Waals surface area contributed by atoms with Gasteiger partial charge in [0.15, 0.2) is 0 Å². The number of benzene rings is 1. The normalized spacial score (nSPS) is 11.5. The average Bonchev–Trinajstić information content (AvgIpc) is 2.17. The monoisotopic (exact) mass is 221 g/mol. The summed E-state index contributed by atoms with van der Waals surface area (Å²) in [5, 5.41) is 2.72. The molecule has 0 amide bonds. The van der Waals surface area contributed by atoms with Crippen LogP contribution in [-0.4, -0.2) is 13.2 Å². The van der Waals surface area contributed by atoms with E-state index in [0.29, 0.717) is 12.2 Å². The molecule has 84 valence electrons. The van der Waals surface area contributed by atoms with Crippen LogP contribution in [0.1, 0.15) is 12.0 Å². The Balaban J connectivity index is 2.66. The van der Waals surface area contributed by atoms with Crippen molar-refractivity contribution in [2.24, 2.45) is 0 Å². The van der Waals surface area contributed by atoms with Crippen LogP contribution in [0.5, 0.6) is 0 Å². The van der Waals surface area contributed by atoms with Crippen LogP contribution in [0.15, 0.2) is 24.3 Å². The van der Waals surface area contributed by atoms with Gasteiger partial charge in [-0.2, -0.15) is 13.2 Å². The molecule has 0 aliphatic heterocycles. The molecule has 0 heterocycles. The molecule has 0 saturated heterocycles. The van der Waals surface area contributed by atoms with Gasteiger partial charge in [-0.05, 0) is 24.6 Å². The minimum Gasteiger partial charge on any atom is -0.385 e. The second-order valence-electron chi connectivity index (χ2n) is 3.05. The van der Waals surface area contributed by atoms with Crippen molar-refractivity contribution in [3.63, 3.8) is 0 Å². The number of halogens is 4. The fraction of sp³-hybridized carbons (Fsp3) is 0.400. The van der Waals surface area contributed by atoms with Gasteiger partial charge in [0.2, 0.25) is 0 Å². The van der Waals surface area contributed by atoms with Gasteiger partial charge < -0.3 is 5.32 Å². The van der Waals surface area contributed by atoms with Crippen LogP contribution >= 0.6 is 0 Å². The Bertz CT molecular complexity index is 309. The van der Waals surface area contributed by atoms with E-state index in [1.807, 2.05) is 0 Å². The Hall–Kier alpha value is -1.26. The van der Waals surface area contributed by atoms with Gasteiger partial charge in [0.05, 0.1) is 12.2 Å². The summed E-state index contributed by atoms with van der Waals surface area (Å²) in [6.07, 6.45) is -4.05. The van der Waals surface area contributed by atoms with Crippen molar-refractivity contribution in [1.82, 2.24) is 0 Å². The third-order valence-electron chi connectivity index (χ3n) is 1.83. The van der Waals surface area contributed by atoms with Gasteiger partial charge in [-0.1, -0.05) is 6.07 Å². The SMILES string of the molecule is FCCCNc1cccc(C(F)(F)F)c1. The molecule has 0 spiro atoms. The largest absolute Gasteiger partial charge is 0.416 e. The third kappa shape index (κ3) is 3.77. The highest BCUT2D eigenvalue weighted by Gasteiger charge is 2.30. The zero-order valence-corrected chi connectivity index (χ0v) is 7.94. The maximum Gasteiger partial charge on any atom is 0.416 e. The van der Waals surface area contributed by atoms with E-state index in [2.05, 4.69) is 5.32 Å². The first-order chi connectivity index (χ1) is 7.04. The highest BCUT2D eigenvalue weighted by atomic mass is 19.4. The first-order valence-corrected chi connectivity index (χ1v) is 4.51. The number of hydrogen-bond acceptors (Lipinski definition) is 1. The molecule has 0 unspecified atom stereocenters. The molecule has 0 aromatic heterocycles. The van der Waals surface area contributed by atoms with Crippen LogP contribution in [0.3, 0.4) is 0 Å². The topological polar surface area (TPSA) is 12.0 Å². The maximum atomic E-state index is 12.3. The predicted molar refractivity (Wildman–Crippen MR) is 50.5 cm³/mol. The van der Waals surface area contributed by atoms with E-state index in [-0.39, 0.29) is 6.42 Å². The van der Waals surface area contributed by atoms with E-state index in [1.54, 1.807) is 0 Å². The Labute approximate surface area is 85.1 Å². The van der Waals surface area contributed by atoms with Crippen LogP contribution in [0.2, 0.25) is 0 Å². The molecule has 1 aromatic rings. The van der Waals surface area contributed by atoms with Crippen molar-refractivity contribution in [2.45, 2.75) is 12.6 Å². The molecule has 0 radical (unpaired) electrons. The van der Waals surface area contributed by atoms with Crippen molar-refractivity contribution >= 4 is 5.69 Å². The number of nitrogens with one attached hydrogen (secondary N) is 1. The van der Waals surface area contributed by atoms with E-state index in [1.165, 1.54) is 12.1 Å². The summed E-state index contributed by atoms with van der Waals surface area (Å²) in [6.45, 7) is -0.149. The van der Waals surface area contributed by atoms with E-state index >= 15 is 0 Å². The lowest BCUT2D eigenvalue weighted by Gasteiger charge is -2.09. The van der Waals surface area contributed by atoms with Crippen molar-refractivity contribution in [3.05, 3.63) is 29.8 Å². The Morgan fingerprint density at radius 3 is 2.53 bits per heavy atom. The summed E-state index contributed by atoms with van der Waals surface area (Å²) in [7, 11) is 0. The minimum atomic E-state index is -4.34. The van der Waals surface area contributed by atoms with Crippen molar-refractivity contribution in [1.29, 1.82) is 0 Å². The van der Waals surface area contributed by atoms with Crippen molar-refractivity contribution < 1.29 is 17.6 Å². The lowest BCUT2D eigenvalue weighted by Crippen LogP contribution is -2.07. The van der Waals surface area contributed by atoms with Crippen LogP contribution in [0, 0.1) is 0 Å². The first kappa shape index (κ1) is 11.8. The van der Waals surface area contributed by atoms with Crippen molar-refractivity contribution in [2.75, 3.05) is 18.5 Å². The number of alkyl halides is 4. The Morgan fingerprint density at radius 1 is 1.20 bits per heavy atom. The molecule has 0 atom stereocenters. The summed E-state index contributed by atoms with van der Waals surface area (Å²) in [6, 6.07) is 4.85. The maximum absolute atomic E-state index is 12.3. The first-order valence-electron chi connectivity index (χ1n) is 4.51. The number of rotatable bonds is 4. The molecular formula is C10H11F4N. The second kappa shape index (κ2) is 5.00. The lowest BCUT2D eigenvalue weighted by atomic mass is 10.2. The van der Waals surface area contributed by atoms with Gasteiger partial charge >= 0.3 is 6.18 Å². The fourth-order valence-corrected chi connectivity index (χ4v) is 1.11. The molecule has 0 fully saturated rings. The number of anilines is 1. The van der Waals surface area contributed by atoms with Gasteiger partial charge in [0, 0.05) is 12.2 Å². The molecule has 5 heteroatoms. The smallest absolute Gasteiger partial charge is 0.385 e. The van der Waals surface area contributed by atoms with E-state index in [4.69, 9.17) is 0 Å². The predicted octanol–water partition coefficient (Wildman–Crippen LogP) is 3.48. The molecule has 0 saturated carbocycles. The van der Waals surface area contributed by atoms with Gasteiger partial charge in [-0.15, -0.1) is 0 Å². The second-order valence-corrected chi connectivity index (χ2v) is 3.05. The Kier molecular flexibility index (Phi) is 3.94. The molecule has 0 aliphatic rings. The molecule has 1 N–H and O–H groups in total. The van der Waals surface area contributed by atoms with E-state index in [9.17, 15) is 17.6 Å². The molecule has 0 bridgehead atoms.